The van der Waals surface area contributed by atoms with Crippen LogP contribution in [0.2, 0.25) is 0 Å². The maximum Gasteiger partial charge on any atom is 0.412 e. The Bertz CT molecular complexity index is 1310. The van der Waals surface area contributed by atoms with Crippen molar-refractivity contribution in [2.45, 2.75) is 18.0 Å². The number of benzene rings is 2. The Hall–Kier alpha value is -3.93. The van der Waals surface area contributed by atoms with Gasteiger partial charge in [-0.1, -0.05) is 30.3 Å². The minimum Gasteiger partial charge on any atom is -0.444 e. The summed E-state index contributed by atoms with van der Waals surface area (Å²) in [6, 6.07) is 19.1. The quantitative estimate of drug-likeness (QED) is 0.399. The summed E-state index contributed by atoms with van der Waals surface area (Å²) in [6.07, 6.45) is 2.76. The Morgan fingerprint density at radius 1 is 0.976 bits per heavy atom. The number of nitrogens with one attached hydrogen (secondary N) is 2. The highest BCUT2D eigenvalue weighted by molar-refractivity contribution is 7.99. The Labute approximate surface area is 243 Å². The molecule has 3 heterocycles. The zero-order chi connectivity index (χ0) is 28.4. The van der Waals surface area contributed by atoms with Gasteiger partial charge in [-0.3, -0.25) is 24.4 Å². The van der Waals surface area contributed by atoms with Crippen molar-refractivity contribution < 1.29 is 23.9 Å². The number of amides is 3. The first-order valence-electron chi connectivity index (χ1n) is 13.6. The number of thioether (sulfide) groups is 1. The van der Waals surface area contributed by atoms with Crippen LogP contribution in [0.25, 0.3) is 0 Å². The van der Waals surface area contributed by atoms with Gasteiger partial charge in [-0.05, 0) is 47.5 Å². The Morgan fingerprint density at radius 3 is 2.44 bits per heavy atom. The molecule has 2 aliphatic heterocycles. The number of ether oxygens (including phenoxy) is 2. The number of pyridine rings is 1. The lowest BCUT2D eigenvalue weighted by Crippen LogP contribution is -2.45. The molecule has 0 saturated carbocycles. The molecule has 2 fully saturated rings. The van der Waals surface area contributed by atoms with Crippen molar-refractivity contribution in [2.24, 2.45) is 0 Å². The number of hydrogen-bond donors (Lipinski definition) is 2. The molecule has 10 nitrogen and oxygen atoms in total. The van der Waals surface area contributed by atoms with Gasteiger partial charge in [0.15, 0.2) is 0 Å². The molecule has 1 unspecified atom stereocenters. The predicted octanol–water partition coefficient (Wildman–Crippen LogP) is 3.54. The monoisotopic (exact) mass is 575 g/mol. The summed E-state index contributed by atoms with van der Waals surface area (Å²) in [5.41, 5.74) is 2.76. The average Bonchev–Trinajstić information content (AvgIpc) is 3.47. The topological polar surface area (TPSA) is 113 Å². The number of anilines is 1. The first kappa shape index (κ1) is 28.6. The fourth-order valence-electron chi connectivity index (χ4n) is 4.69. The van der Waals surface area contributed by atoms with Crippen LogP contribution < -0.4 is 10.6 Å². The van der Waals surface area contributed by atoms with Gasteiger partial charge in [-0.15, -0.1) is 11.8 Å². The Morgan fingerprint density at radius 2 is 1.71 bits per heavy atom. The summed E-state index contributed by atoms with van der Waals surface area (Å²) >= 11 is 1.50. The van der Waals surface area contributed by atoms with Crippen LogP contribution in [0.5, 0.6) is 0 Å². The van der Waals surface area contributed by atoms with E-state index in [1.807, 2.05) is 42.5 Å². The van der Waals surface area contributed by atoms with E-state index in [-0.39, 0.29) is 23.8 Å². The largest absolute Gasteiger partial charge is 0.444 e. The van der Waals surface area contributed by atoms with Crippen molar-refractivity contribution in [1.29, 1.82) is 0 Å². The number of hydrogen-bond acceptors (Lipinski definition) is 8. The molecule has 41 heavy (non-hydrogen) atoms. The third kappa shape index (κ3) is 7.63. The molecule has 0 aliphatic carbocycles. The maximum atomic E-state index is 13.4. The van der Waals surface area contributed by atoms with Crippen LogP contribution in [-0.2, 0) is 20.9 Å². The molecule has 0 bridgehead atoms. The molecule has 3 amide bonds. The summed E-state index contributed by atoms with van der Waals surface area (Å²) < 4.78 is 11.0. The van der Waals surface area contributed by atoms with Gasteiger partial charge < -0.3 is 20.1 Å². The van der Waals surface area contributed by atoms with E-state index < -0.39 is 12.1 Å². The van der Waals surface area contributed by atoms with E-state index in [1.54, 1.807) is 36.7 Å². The van der Waals surface area contributed by atoms with Gasteiger partial charge in [-0.25, -0.2) is 4.79 Å². The van der Waals surface area contributed by atoms with E-state index in [9.17, 15) is 14.4 Å². The number of nitrogens with zero attached hydrogens (tertiary/aromatic N) is 3. The highest BCUT2D eigenvalue weighted by atomic mass is 32.2. The molecule has 11 heteroatoms. The van der Waals surface area contributed by atoms with Gasteiger partial charge in [0.05, 0.1) is 13.2 Å². The van der Waals surface area contributed by atoms with E-state index in [0.717, 1.165) is 44.0 Å². The summed E-state index contributed by atoms with van der Waals surface area (Å²) in [7, 11) is 0. The van der Waals surface area contributed by atoms with Crippen molar-refractivity contribution in [3.05, 3.63) is 95.8 Å². The summed E-state index contributed by atoms with van der Waals surface area (Å²) in [4.78, 5) is 47.1. The zero-order valence-electron chi connectivity index (χ0n) is 22.6. The smallest absolute Gasteiger partial charge is 0.412 e. The van der Waals surface area contributed by atoms with Crippen LogP contribution in [0.1, 0.15) is 26.9 Å². The van der Waals surface area contributed by atoms with Crippen LogP contribution in [0.3, 0.4) is 0 Å². The summed E-state index contributed by atoms with van der Waals surface area (Å²) in [6.45, 7) is 4.60. The van der Waals surface area contributed by atoms with E-state index in [4.69, 9.17) is 9.47 Å². The molecule has 1 aromatic heterocycles. The summed E-state index contributed by atoms with van der Waals surface area (Å²) in [5.74, 6) is -0.0904. The second-order valence-corrected chi connectivity index (χ2v) is 10.8. The molecule has 2 atom stereocenters. The number of rotatable bonds is 9. The van der Waals surface area contributed by atoms with Crippen LogP contribution in [-0.4, -0.2) is 83.9 Å². The Balaban J connectivity index is 1.20. The van der Waals surface area contributed by atoms with Crippen molar-refractivity contribution in [3.8, 4) is 0 Å². The van der Waals surface area contributed by atoms with Crippen molar-refractivity contribution in [2.75, 3.05) is 50.5 Å². The number of carbonyl (C=O) groups is 3. The van der Waals surface area contributed by atoms with Crippen LogP contribution >= 0.6 is 11.8 Å². The lowest BCUT2D eigenvalue weighted by Gasteiger charge is -2.28. The lowest BCUT2D eigenvalue weighted by atomic mass is 10.1. The number of morpholine rings is 1. The average molecular weight is 576 g/mol. The lowest BCUT2D eigenvalue weighted by molar-refractivity contribution is -0.120. The molecule has 214 valence electrons. The highest BCUT2D eigenvalue weighted by Gasteiger charge is 2.43. The predicted molar refractivity (Wildman–Crippen MR) is 156 cm³/mol. The van der Waals surface area contributed by atoms with Gasteiger partial charge in [0.25, 0.3) is 5.91 Å². The third-order valence-electron chi connectivity index (χ3n) is 6.94. The molecule has 2 saturated heterocycles. The number of carbonyl (C=O) groups excluding carboxylic acids is 3. The van der Waals surface area contributed by atoms with Crippen LogP contribution in [0.15, 0.2) is 79.1 Å². The molecular formula is C30H33N5O5S. The van der Waals surface area contributed by atoms with Gasteiger partial charge in [0.1, 0.15) is 18.0 Å². The standard InChI is InChI=1S/C30H33N5O5S/c36-27(32-14-15-34-16-18-39-19-17-34)23-6-8-25(9-7-23)33-28(37)26-21-41-29(24-10-12-31-13-11-24)35(26)30(38)40-20-22-4-2-1-3-5-22/h1-13,26,29H,14-21H2,(H,32,36)(H,33,37)/t26-,29?/m0/s1. The minimum atomic E-state index is -0.746. The molecule has 3 aromatic rings. The molecule has 5 rings (SSSR count). The zero-order valence-corrected chi connectivity index (χ0v) is 23.4. The van der Waals surface area contributed by atoms with Gasteiger partial charge >= 0.3 is 6.09 Å². The third-order valence-corrected chi connectivity index (χ3v) is 8.27. The van der Waals surface area contributed by atoms with Gasteiger partial charge in [0, 0.05) is 55.6 Å². The maximum absolute atomic E-state index is 13.4. The summed E-state index contributed by atoms with van der Waals surface area (Å²) in [5, 5.41) is 5.45. The van der Waals surface area contributed by atoms with Gasteiger partial charge in [-0.2, -0.15) is 0 Å². The second-order valence-electron chi connectivity index (χ2n) is 9.71. The highest BCUT2D eigenvalue weighted by Crippen LogP contribution is 2.42. The molecule has 0 radical (unpaired) electrons. The fraction of sp³-hybridized carbons (Fsp3) is 0.333. The van der Waals surface area contributed by atoms with Gasteiger partial charge in [0.2, 0.25) is 5.91 Å². The fourth-order valence-corrected chi connectivity index (χ4v) is 6.11. The van der Waals surface area contributed by atoms with E-state index >= 15 is 0 Å². The number of aromatic nitrogens is 1. The first-order chi connectivity index (χ1) is 20.1. The van der Waals surface area contributed by atoms with Crippen molar-refractivity contribution in [3.63, 3.8) is 0 Å². The Kier molecular flexibility index (Phi) is 9.84. The molecule has 2 aliphatic rings. The molecule has 0 spiro atoms. The van der Waals surface area contributed by atoms with Crippen molar-refractivity contribution >= 4 is 35.4 Å². The SMILES string of the molecule is O=C(NCCN1CCOCC1)c1ccc(NC(=O)[C@@H]2CSC(c3ccncc3)N2C(=O)OCc2ccccc2)cc1. The first-order valence-corrected chi connectivity index (χ1v) is 14.6. The van der Waals surface area contributed by atoms with Crippen LogP contribution in [0, 0.1) is 0 Å². The minimum absolute atomic E-state index is 0.105. The molecule has 2 aromatic carbocycles. The second kappa shape index (κ2) is 14.1. The van der Waals surface area contributed by atoms with E-state index in [0.29, 0.717) is 23.5 Å². The normalized spacial score (nSPS) is 19.0. The molecular weight excluding hydrogens is 542 g/mol. The molecule has 2 N–H and O–H groups in total. The van der Waals surface area contributed by atoms with E-state index in [1.165, 1.54) is 16.7 Å². The van der Waals surface area contributed by atoms with E-state index in [2.05, 4.69) is 20.5 Å². The van der Waals surface area contributed by atoms with Crippen molar-refractivity contribution in [1.82, 2.24) is 20.1 Å². The van der Waals surface area contributed by atoms with Crippen LogP contribution in [0.4, 0.5) is 10.5 Å².